The summed E-state index contributed by atoms with van der Waals surface area (Å²) in [5, 5.41) is 24.8. The fraction of sp³-hybridized carbons (Fsp3) is 0.107. The highest BCUT2D eigenvalue weighted by Crippen LogP contribution is 2.35. The lowest BCUT2D eigenvalue weighted by atomic mass is 9.99. The van der Waals surface area contributed by atoms with E-state index in [1.165, 1.54) is 12.1 Å². The van der Waals surface area contributed by atoms with Gasteiger partial charge in [-0.15, -0.1) is 0 Å². The van der Waals surface area contributed by atoms with E-state index in [1.54, 1.807) is 32.2 Å². The third-order valence-corrected chi connectivity index (χ3v) is 6.91. The standard InChI is InChI=1S/C28H21ClN4O4S/c1-17-3-10-21(33(35)36)13-25(17)31-27(34)16-38-28-24(15-30)23(18-4-8-20(29)9-5-18)14-26(32-28)19-6-11-22(37-2)12-7-19/h3-14H,16H2,1-2H3,(H,31,34). The summed E-state index contributed by atoms with van der Waals surface area (Å²) in [5.41, 5.74) is 4.12. The number of ether oxygens (including phenoxy) is 1. The summed E-state index contributed by atoms with van der Waals surface area (Å²) < 4.78 is 5.25. The lowest BCUT2D eigenvalue weighted by molar-refractivity contribution is -0.384. The van der Waals surface area contributed by atoms with Gasteiger partial charge in [-0.3, -0.25) is 14.9 Å². The fourth-order valence-corrected chi connectivity index (χ4v) is 4.61. The second-order valence-corrected chi connectivity index (χ2v) is 9.58. The first kappa shape index (κ1) is 26.7. The van der Waals surface area contributed by atoms with Crippen LogP contribution in [0.4, 0.5) is 11.4 Å². The second-order valence-electron chi connectivity index (χ2n) is 8.18. The number of aromatic nitrogens is 1. The number of rotatable bonds is 8. The summed E-state index contributed by atoms with van der Waals surface area (Å²) in [6, 6.07) is 22.8. The molecule has 4 rings (SSSR count). The Hall–Kier alpha value is -4.39. The number of thioether (sulfide) groups is 1. The lowest BCUT2D eigenvalue weighted by Crippen LogP contribution is -2.15. The quantitative estimate of drug-likeness (QED) is 0.146. The van der Waals surface area contributed by atoms with Crippen LogP contribution in [0.15, 0.2) is 77.8 Å². The number of hydrogen-bond donors (Lipinski definition) is 1. The van der Waals surface area contributed by atoms with E-state index in [9.17, 15) is 20.2 Å². The van der Waals surface area contributed by atoms with Crippen LogP contribution in [-0.2, 0) is 4.79 Å². The fourth-order valence-electron chi connectivity index (χ4n) is 3.68. The molecule has 0 aliphatic carbocycles. The number of halogens is 1. The first-order chi connectivity index (χ1) is 18.3. The van der Waals surface area contributed by atoms with Gasteiger partial charge in [0.1, 0.15) is 16.8 Å². The molecule has 0 atom stereocenters. The maximum absolute atomic E-state index is 12.8. The van der Waals surface area contributed by atoms with E-state index in [0.717, 1.165) is 22.9 Å². The first-order valence-electron chi connectivity index (χ1n) is 11.3. The molecule has 0 saturated heterocycles. The molecule has 4 aromatic rings. The van der Waals surface area contributed by atoms with Crippen LogP contribution in [0.3, 0.4) is 0 Å². The van der Waals surface area contributed by atoms with Crippen molar-refractivity contribution >= 4 is 40.6 Å². The molecule has 1 N–H and O–H groups in total. The molecule has 0 bridgehead atoms. The maximum Gasteiger partial charge on any atom is 0.271 e. The number of methoxy groups -OCH3 is 1. The van der Waals surface area contributed by atoms with E-state index >= 15 is 0 Å². The Balaban J connectivity index is 1.68. The van der Waals surface area contributed by atoms with Crippen LogP contribution in [0, 0.1) is 28.4 Å². The molecule has 190 valence electrons. The molecule has 0 aliphatic rings. The zero-order valence-electron chi connectivity index (χ0n) is 20.4. The monoisotopic (exact) mass is 544 g/mol. The van der Waals surface area contributed by atoms with E-state index < -0.39 is 4.92 Å². The van der Waals surface area contributed by atoms with Gasteiger partial charge < -0.3 is 10.1 Å². The molecule has 1 heterocycles. The Morgan fingerprint density at radius 2 is 1.79 bits per heavy atom. The summed E-state index contributed by atoms with van der Waals surface area (Å²) in [5.74, 6) is 0.255. The molecule has 38 heavy (non-hydrogen) atoms. The molecule has 0 aliphatic heterocycles. The Labute approximate surface area is 228 Å². The number of pyridine rings is 1. The van der Waals surface area contributed by atoms with Crippen LogP contribution in [0.2, 0.25) is 5.02 Å². The van der Waals surface area contributed by atoms with Gasteiger partial charge in [0.05, 0.1) is 34.7 Å². The summed E-state index contributed by atoms with van der Waals surface area (Å²) in [6.07, 6.45) is 0. The molecular weight excluding hydrogens is 524 g/mol. The molecule has 0 unspecified atom stereocenters. The number of nitrogens with zero attached hydrogens (tertiary/aromatic N) is 3. The number of carbonyl (C=O) groups excluding carboxylic acids is 1. The van der Waals surface area contributed by atoms with Crippen LogP contribution in [0.25, 0.3) is 22.4 Å². The topological polar surface area (TPSA) is 118 Å². The largest absolute Gasteiger partial charge is 0.497 e. The highest BCUT2D eigenvalue weighted by Gasteiger charge is 2.18. The molecule has 8 nitrogen and oxygen atoms in total. The minimum Gasteiger partial charge on any atom is -0.497 e. The summed E-state index contributed by atoms with van der Waals surface area (Å²) in [7, 11) is 1.59. The van der Waals surface area contributed by atoms with Crippen molar-refractivity contribution in [1.29, 1.82) is 5.26 Å². The zero-order chi connectivity index (χ0) is 27.2. The number of anilines is 1. The van der Waals surface area contributed by atoms with Gasteiger partial charge >= 0.3 is 0 Å². The molecular formula is C28H21ClN4O4S. The van der Waals surface area contributed by atoms with Crippen molar-refractivity contribution in [2.45, 2.75) is 11.9 Å². The lowest BCUT2D eigenvalue weighted by Gasteiger charge is -2.13. The molecule has 1 amide bonds. The van der Waals surface area contributed by atoms with Crippen molar-refractivity contribution in [2.75, 3.05) is 18.2 Å². The van der Waals surface area contributed by atoms with Crippen LogP contribution in [-0.4, -0.2) is 28.7 Å². The molecule has 0 radical (unpaired) electrons. The van der Waals surface area contributed by atoms with E-state index in [2.05, 4.69) is 11.4 Å². The van der Waals surface area contributed by atoms with Gasteiger partial charge in [-0.2, -0.15) is 5.26 Å². The molecule has 3 aromatic carbocycles. The number of aryl methyl sites for hydroxylation is 1. The zero-order valence-corrected chi connectivity index (χ0v) is 22.0. The van der Waals surface area contributed by atoms with Crippen LogP contribution in [0.1, 0.15) is 11.1 Å². The van der Waals surface area contributed by atoms with E-state index in [0.29, 0.717) is 43.9 Å². The Kier molecular flexibility index (Phi) is 8.26. The van der Waals surface area contributed by atoms with Gasteiger partial charge in [0.15, 0.2) is 0 Å². The van der Waals surface area contributed by atoms with Gasteiger partial charge in [-0.05, 0) is 60.5 Å². The van der Waals surface area contributed by atoms with Crippen molar-refractivity contribution in [3.05, 3.63) is 99.1 Å². The third-order valence-electron chi connectivity index (χ3n) is 5.69. The molecule has 10 heteroatoms. The normalized spacial score (nSPS) is 10.5. The number of amides is 1. The minimum absolute atomic E-state index is 0.0596. The number of hydrogen-bond acceptors (Lipinski definition) is 7. The molecule has 0 spiro atoms. The van der Waals surface area contributed by atoms with E-state index in [4.69, 9.17) is 21.3 Å². The van der Waals surface area contributed by atoms with Crippen molar-refractivity contribution in [3.8, 4) is 34.2 Å². The average molecular weight is 545 g/mol. The number of benzene rings is 3. The van der Waals surface area contributed by atoms with E-state index in [1.807, 2.05) is 42.5 Å². The predicted molar refractivity (Wildman–Crippen MR) is 149 cm³/mol. The third kappa shape index (κ3) is 6.11. The minimum atomic E-state index is -0.518. The Bertz CT molecular complexity index is 1550. The van der Waals surface area contributed by atoms with Crippen molar-refractivity contribution < 1.29 is 14.5 Å². The summed E-state index contributed by atoms with van der Waals surface area (Å²) >= 11 is 7.19. The molecule has 0 fully saturated rings. The number of nitrogens with one attached hydrogen (secondary N) is 1. The number of nitro groups is 1. The van der Waals surface area contributed by atoms with Gasteiger partial charge in [0.2, 0.25) is 5.91 Å². The molecule has 0 saturated carbocycles. The van der Waals surface area contributed by atoms with Crippen LogP contribution < -0.4 is 10.1 Å². The smallest absolute Gasteiger partial charge is 0.271 e. The average Bonchev–Trinajstić information content (AvgIpc) is 2.93. The SMILES string of the molecule is COc1ccc(-c2cc(-c3ccc(Cl)cc3)c(C#N)c(SCC(=O)Nc3cc([N+](=O)[O-])ccc3C)n2)cc1. The summed E-state index contributed by atoms with van der Waals surface area (Å²) in [4.78, 5) is 28.1. The van der Waals surface area contributed by atoms with Crippen molar-refractivity contribution in [3.63, 3.8) is 0 Å². The Morgan fingerprint density at radius 1 is 1.11 bits per heavy atom. The Morgan fingerprint density at radius 3 is 2.42 bits per heavy atom. The number of nitro benzene ring substituents is 1. The van der Waals surface area contributed by atoms with Gasteiger partial charge in [-0.25, -0.2) is 4.98 Å². The summed E-state index contributed by atoms with van der Waals surface area (Å²) in [6.45, 7) is 1.75. The van der Waals surface area contributed by atoms with Crippen LogP contribution >= 0.6 is 23.4 Å². The second kappa shape index (κ2) is 11.8. The van der Waals surface area contributed by atoms with E-state index in [-0.39, 0.29) is 17.3 Å². The molecule has 1 aromatic heterocycles. The maximum atomic E-state index is 12.8. The van der Waals surface area contributed by atoms with Crippen molar-refractivity contribution in [2.24, 2.45) is 0 Å². The number of non-ortho nitro benzene ring substituents is 1. The van der Waals surface area contributed by atoms with Gasteiger partial charge in [-0.1, -0.05) is 41.6 Å². The first-order valence-corrected chi connectivity index (χ1v) is 12.7. The number of carbonyl (C=O) groups is 1. The van der Waals surface area contributed by atoms with Crippen LogP contribution in [0.5, 0.6) is 5.75 Å². The number of nitriles is 1. The van der Waals surface area contributed by atoms with Crippen molar-refractivity contribution in [1.82, 2.24) is 4.98 Å². The highest BCUT2D eigenvalue weighted by atomic mass is 35.5. The van der Waals surface area contributed by atoms with Gasteiger partial charge in [0, 0.05) is 28.3 Å². The predicted octanol–water partition coefficient (Wildman–Crippen LogP) is 6.90. The highest BCUT2D eigenvalue weighted by molar-refractivity contribution is 8.00. The van der Waals surface area contributed by atoms with Gasteiger partial charge in [0.25, 0.3) is 5.69 Å².